The molecular formula is C20H18F5N3O3S. The molecule has 2 heterocycles. The molecule has 2 aliphatic heterocycles. The Balaban J connectivity index is 1.54. The molecule has 3 unspecified atom stereocenters. The molecule has 0 radical (unpaired) electrons. The van der Waals surface area contributed by atoms with Crippen LogP contribution in [0.4, 0.5) is 22.0 Å². The van der Waals surface area contributed by atoms with Gasteiger partial charge in [0.15, 0.2) is 28.2 Å². The smallest absolute Gasteiger partial charge is 0.254 e. The summed E-state index contributed by atoms with van der Waals surface area (Å²) < 4.78 is 94.9. The van der Waals surface area contributed by atoms with E-state index in [-0.39, 0.29) is 25.0 Å². The minimum atomic E-state index is -5.07. The van der Waals surface area contributed by atoms with Crippen LogP contribution in [-0.2, 0) is 10.0 Å². The van der Waals surface area contributed by atoms with Crippen LogP contribution in [0.5, 0.6) is 0 Å². The summed E-state index contributed by atoms with van der Waals surface area (Å²) in [7, 11) is -5.07. The van der Waals surface area contributed by atoms with Gasteiger partial charge >= 0.3 is 0 Å². The molecular weight excluding hydrogens is 457 g/mol. The van der Waals surface area contributed by atoms with E-state index in [1.54, 1.807) is 35.2 Å². The molecule has 2 aliphatic rings. The Kier molecular flexibility index (Phi) is 5.94. The van der Waals surface area contributed by atoms with Crippen LogP contribution in [0.2, 0.25) is 0 Å². The Morgan fingerprint density at radius 3 is 2.16 bits per heavy atom. The molecule has 1 amide bonds. The van der Waals surface area contributed by atoms with E-state index in [4.69, 9.17) is 0 Å². The summed E-state index contributed by atoms with van der Waals surface area (Å²) in [6.07, 6.45) is 0.666. The van der Waals surface area contributed by atoms with E-state index in [0.29, 0.717) is 25.1 Å². The summed E-state index contributed by atoms with van der Waals surface area (Å²) in [6.45, 7) is 0.802. The van der Waals surface area contributed by atoms with E-state index in [2.05, 4.69) is 0 Å². The van der Waals surface area contributed by atoms with Crippen LogP contribution in [-0.4, -0.2) is 62.4 Å². The minimum Gasteiger partial charge on any atom is -0.333 e. The largest absolute Gasteiger partial charge is 0.333 e. The second-order valence-corrected chi connectivity index (χ2v) is 9.37. The Labute approximate surface area is 180 Å². The molecule has 0 aromatic heterocycles. The number of rotatable bonds is 5. The maximum absolute atomic E-state index is 14.0. The molecule has 1 N–H and O–H groups in total. The third kappa shape index (κ3) is 3.86. The fraction of sp³-hybridized carbons (Fsp3) is 0.350. The number of sulfonamides is 1. The van der Waals surface area contributed by atoms with Gasteiger partial charge in [0.1, 0.15) is 0 Å². The molecule has 0 spiro atoms. The number of nitrogens with one attached hydrogen (secondary N) is 1. The monoisotopic (exact) mass is 475 g/mol. The van der Waals surface area contributed by atoms with E-state index in [1.807, 2.05) is 9.62 Å². The van der Waals surface area contributed by atoms with Crippen LogP contribution in [0.1, 0.15) is 16.8 Å². The SMILES string of the molecule is O=C(c1ccccc1)N1CC(CNS(=O)(=O)c2c(F)c(F)c(F)c(F)c2F)N2CCC1C2. The summed E-state index contributed by atoms with van der Waals surface area (Å²) in [4.78, 5) is 14.5. The van der Waals surface area contributed by atoms with Crippen molar-refractivity contribution in [3.8, 4) is 0 Å². The van der Waals surface area contributed by atoms with Gasteiger partial charge in [-0.1, -0.05) is 18.2 Å². The molecule has 3 atom stereocenters. The van der Waals surface area contributed by atoms with Crippen LogP contribution in [0.3, 0.4) is 0 Å². The van der Waals surface area contributed by atoms with Gasteiger partial charge in [-0.3, -0.25) is 9.69 Å². The van der Waals surface area contributed by atoms with E-state index >= 15 is 0 Å². The Hall–Kier alpha value is -2.57. The van der Waals surface area contributed by atoms with Gasteiger partial charge in [0.25, 0.3) is 5.91 Å². The van der Waals surface area contributed by atoms with Gasteiger partial charge in [0, 0.05) is 43.8 Å². The lowest BCUT2D eigenvalue weighted by atomic mass is 10.1. The first-order valence-electron chi connectivity index (χ1n) is 9.73. The Bertz CT molecular complexity index is 1130. The number of halogens is 5. The van der Waals surface area contributed by atoms with Crippen molar-refractivity contribution in [2.75, 3.05) is 26.2 Å². The lowest BCUT2D eigenvalue weighted by Gasteiger charge is -2.40. The van der Waals surface area contributed by atoms with Gasteiger partial charge in [-0.2, -0.15) is 0 Å². The molecule has 4 rings (SSSR count). The molecule has 2 fully saturated rings. The second-order valence-electron chi connectivity index (χ2n) is 7.67. The number of nitrogens with zero attached hydrogens (tertiary/aromatic N) is 2. The summed E-state index contributed by atoms with van der Waals surface area (Å²) in [5.41, 5.74) is 0.466. The highest BCUT2D eigenvalue weighted by molar-refractivity contribution is 7.89. The normalized spacial score (nSPS) is 22.9. The lowest BCUT2D eigenvalue weighted by Crippen LogP contribution is -2.57. The summed E-state index contributed by atoms with van der Waals surface area (Å²) in [5.74, 6) is -12.2. The third-order valence-corrected chi connectivity index (χ3v) is 7.23. The lowest BCUT2D eigenvalue weighted by molar-refractivity contribution is 0.0503. The van der Waals surface area contributed by atoms with Gasteiger partial charge in [-0.05, 0) is 18.6 Å². The van der Waals surface area contributed by atoms with Crippen LogP contribution < -0.4 is 4.72 Å². The van der Waals surface area contributed by atoms with E-state index < -0.39 is 50.0 Å². The number of carbonyl (C=O) groups is 1. The number of hydrogen-bond donors (Lipinski definition) is 1. The summed E-state index contributed by atoms with van der Waals surface area (Å²) in [6, 6.07) is 7.90. The Morgan fingerprint density at radius 1 is 0.938 bits per heavy atom. The zero-order chi connectivity index (χ0) is 23.2. The van der Waals surface area contributed by atoms with Crippen molar-refractivity contribution in [2.45, 2.75) is 23.4 Å². The van der Waals surface area contributed by atoms with Crippen molar-refractivity contribution in [3.63, 3.8) is 0 Å². The number of amides is 1. The van der Waals surface area contributed by atoms with Gasteiger partial charge < -0.3 is 4.90 Å². The number of carbonyl (C=O) groups excluding carboxylic acids is 1. The maximum Gasteiger partial charge on any atom is 0.254 e. The van der Waals surface area contributed by atoms with E-state index in [9.17, 15) is 35.2 Å². The van der Waals surface area contributed by atoms with Crippen LogP contribution in [0.25, 0.3) is 0 Å². The summed E-state index contributed by atoms with van der Waals surface area (Å²) >= 11 is 0. The number of benzene rings is 2. The number of fused-ring (bicyclic) bond motifs is 2. The van der Waals surface area contributed by atoms with Gasteiger partial charge in [0.2, 0.25) is 15.8 Å². The first-order chi connectivity index (χ1) is 15.1. The maximum atomic E-state index is 14.0. The molecule has 12 heteroatoms. The zero-order valence-corrected chi connectivity index (χ0v) is 17.3. The van der Waals surface area contributed by atoms with Crippen molar-refractivity contribution in [3.05, 3.63) is 65.0 Å². The van der Waals surface area contributed by atoms with Gasteiger partial charge in [0.05, 0.1) is 0 Å². The molecule has 2 bridgehead atoms. The van der Waals surface area contributed by atoms with Crippen molar-refractivity contribution in [2.24, 2.45) is 0 Å². The molecule has 6 nitrogen and oxygen atoms in total. The minimum absolute atomic E-state index is 0.0641. The first kappa shape index (κ1) is 22.6. The Morgan fingerprint density at radius 2 is 1.53 bits per heavy atom. The highest BCUT2D eigenvalue weighted by Gasteiger charge is 2.42. The van der Waals surface area contributed by atoms with E-state index in [1.165, 1.54) is 0 Å². The van der Waals surface area contributed by atoms with E-state index in [0.717, 1.165) is 0 Å². The fourth-order valence-corrected chi connectivity index (χ4v) is 5.34. The predicted molar refractivity (Wildman–Crippen MR) is 103 cm³/mol. The van der Waals surface area contributed by atoms with Crippen LogP contribution in [0, 0.1) is 29.1 Å². The molecule has 2 aromatic carbocycles. The molecule has 0 saturated carbocycles. The fourth-order valence-electron chi connectivity index (χ4n) is 4.13. The third-order valence-electron chi connectivity index (χ3n) is 5.79. The van der Waals surface area contributed by atoms with Gasteiger partial charge in [-0.25, -0.2) is 35.1 Å². The number of piperazine rings is 1. The molecule has 32 heavy (non-hydrogen) atoms. The predicted octanol–water partition coefficient (Wildman–Crippen LogP) is 2.26. The average Bonchev–Trinajstić information content (AvgIpc) is 3.20. The molecule has 172 valence electrons. The molecule has 0 aliphatic carbocycles. The quantitative estimate of drug-likeness (QED) is 0.409. The molecule has 2 aromatic rings. The highest BCUT2D eigenvalue weighted by atomic mass is 32.2. The van der Waals surface area contributed by atoms with Crippen molar-refractivity contribution < 1.29 is 35.2 Å². The van der Waals surface area contributed by atoms with Crippen molar-refractivity contribution >= 4 is 15.9 Å². The second kappa shape index (κ2) is 8.41. The average molecular weight is 475 g/mol. The van der Waals surface area contributed by atoms with Crippen molar-refractivity contribution in [1.29, 1.82) is 0 Å². The van der Waals surface area contributed by atoms with Crippen molar-refractivity contribution in [1.82, 2.24) is 14.5 Å². The topological polar surface area (TPSA) is 69.7 Å². The van der Waals surface area contributed by atoms with Crippen LogP contribution >= 0.6 is 0 Å². The standard InChI is InChI=1S/C20H18F5N3O3S/c21-14-15(22)17(24)19(18(25)16(14)23)32(30,31)26-8-13-10-28(12-6-7-27(13)9-12)20(29)11-4-2-1-3-5-11/h1-5,12-13,26H,6-10H2. The van der Waals surface area contributed by atoms with Crippen LogP contribution in [0.15, 0.2) is 35.2 Å². The number of hydrogen-bond acceptors (Lipinski definition) is 4. The van der Waals surface area contributed by atoms with Gasteiger partial charge in [-0.15, -0.1) is 0 Å². The molecule has 2 saturated heterocycles. The summed E-state index contributed by atoms with van der Waals surface area (Å²) in [5, 5.41) is 0. The highest BCUT2D eigenvalue weighted by Crippen LogP contribution is 2.28. The first-order valence-corrected chi connectivity index (χ1v) is 11.2. The zero-order valence-electron chi connectivity index (χ0n) is 16.5.